The third-order valence-corrected chi connectivity index (χ3v) is 6.69. The summed E-state index contributed by atoms with van der Waals surface area (Å²) in [5.74, 6) is 0.385. The van der Waals surface area contributed by atoms with Crippen LogP contribution in [0.2, 0.25) is 5.02 Å². The van der Waals surface area contributed by atoms with Crippen LogP contribution in [0.25, 0.3) is 22.2 Å². The van der Waals surface area contributed by atoms with E-state index in [0.29, 0.717) is 31.2 Å². The van der Waals surface area contributed by atoms with Crippen molar-refractivity contribution in [1.29, 1.82) is 0 Å². The summed E-state index contributed by atoms with van der Waals surface area (Å²) in [6, 6.07) is 17.4. The molecular formula is C27H26ClN4O2. The van der Waals surface area contributed by atoms with E-state index < -0.39 is 5.92 Å². The number of hydrogen-bond donors (Lipinski definition) is 1. The lowest BCUT2D eigenvalue weighted by molar-refractivity contribution is -0.132. The van der Waals surface area contributed by atoms with Gasteiger partial charge in [0.05, 0.1) is 18.7 Å². The van der Waals surface area contributed by atoms with Crippen LogP contribution in [0.4, 0.5) is 5.69 Å². The van der Waals surface area contributed by atoms with Crippen LogP contribution in [0.3, 0.4) is 0 Å². The quantitative estimate of drug-likeness (QED) is 0.435. The molecule has 0 aliphatic carbocycles. The molecule has 6 nitrogen and oxygen atoms in total. The van der Waals surface area contributed by atoms with E-state index in [2.05, 4.69) is 33.9 Å². The number of carbonyl (C=O) groups excluding carboxylic acids is 1. The first-order valence-electron chi connectivity index (χ1n) is 11.3. The molecule has 1 radical (unpaired) electrons. The highest BCUT2D eigenvalue weighted by molar-refractivity contribution is 6.30. The number of rotatable bonds is 5. The van der Waals surface area contributed by atoms with Crippen molar-refractivity contribution in [3.63, 3.8) is 0 Å². The van der Waals surface area contributed by atoms with Gasteiger partial charge in [-0.3, -0.25) is 4.79 Å². The summed E-state index contributed by atoms with van der Waals surface area (Å²) in [4.78, 5) is 25.2. The highest BCUT2D eigenvalue weighted by atomic mass is 35.5. The summed E-state index contributed by atoms with van der Waals surface area (Å²) in [7, 11) is 1.68. The Morgan fingerprint density at radius 1 is 1.06 bits per heavy atom. The number of benzene rings is 2. The van der Waals surface area contributed by atoms with Gasteiger partial charge in [0.1, 0.15) is 11.4 Å². The molecule has 1 N–H and O–H groups in total. The number of carbonyl (C=O) groups is 1. The van der Waals surface area contributed by atoms with Crippen LogP contribution in [-0.4, -0.2) is 54.1 Å². The van der Waals surface area contributed by atoms with Crippen molar-refractivity contribution in [3.05, 3.63) is 84.5 Å². The predicted molar refractivity (Wildman–Crippen MR) is 136 cm³/mol. The normalized spacial score (nSPS) is 14.9. The van der Waals surface area contributed by atoms with Crippen LogP contribution in [-0.2, 0) is 4.79 Å². The number of aromatic amines is 1. The molecule has 7 heteroatoms. The van der Waals surface area contributed by atoms with Crippen LogP contribution in [0.1, 0.15) is 11.5 Å². The summed E-state index contributed by atoms with van der Waals surface area (Å²) in [6.45, 7) is 6.80. The maximum atomic E-state index is 13.2. The minimum atomic E-state index is -0.453. The topological polar surface area (TPSA) is 61.5 Å². The van der Waals surface area contributed by atoms with Gasteiger partial charge in [-0.15, -0.1) is 0 Å². The molecule has 0 saturated carbocycles. The van der Waals surface area contributed by atoms with Gasteiger partial charge in [-0.25, -0.2) is 4.98 Å². The van der Waals surface area contributed by atoms with Crippen molar-refractivity contribution < 1.29 is 9.53 Å². The number of methoxy groups -OCH3 is 1. The number of anilines is 1. The maximum Gasteiger partial charge on any atom is 0.230 e. The van der Waals surface area contributed by atoms with Crippen molar-refractivity contribution in [2.75, 3.05) is 38.2 Å². The summed E-state index contributed by atoms with van der Waals surface area (Å²) in [5, 5.41) is 1.70. The highest BCUT2D eigenvalue weighted by Crippen LogP contribution is 2.40. The molecule has 3 heterocycles. The summed E-state index contributed by atoms with van der Waals surface area (Å²) >= 11 is 5.99. The smallest absolute Gasteiger partial charge is 0.230 e. The van der Waals surface area contributed by atoms with E-state index in [1.54, 1.807) is 19.2 Å². The average molecular weight is 474 g/mol. The van der Waals surface area contributed by atoms with Gasteiger partial charge >= 0.3 is 0 Å². The van der Waals surface area contributed by atoms with Gasteiger partial charge in [0, 0.05) is 60.1 Å². The van der Waals surface area contributed by atoms with Gasteiger partial charge in [0.15, 0.2) is 0 Å². The lowest BCUT2D eigenvalue weighted by atomic mass is 9.99. The SMILES string of the molecule is [CH2][C@H](C(=O)N1CCN(c2c(-c3ccccc3OC)cnc3[nH]ccc23)CC1)c1ccc(Cl)cc1. The molecule has 1 aliphatic heterocycles. The fourth-order valence-electron chi connectivity index (χ4n) is 4.61. The van der Waals surface area contributed by atoms with Crippen LogP contribution in [0.15, 0.2) is 67.0 Å². The fourth-order valence-corrected chi connectivity index (χ4v) is 4.73. The van der Waals surface area contributed by atoms with Gasteiger partial charge in [0.2, 0.25) is 5.91 Å². The molecule has 0 unspecified atom stereocenters. The Hall–Kier alpha value is -3.51. The van der Waals surface area contributed by atoms with Crippen molar-refractivity contribution in [2.24, 2.45) is 0 Å². The van der Waals surface area contributed by atoms with E-state index in [-0.39, 0.29) is 5.91 Å². The zero-order chi connectivity index (χ0) is 23.7. The van der Waals surface area contributed by atoms with E-state index in [0.717, 1.165) is 39.2 Å². The third kappa shape index (κ3) is 4.10. The Bertz CT molecular complexity index is 1310. The number of hydrogen-bond acceptors (Lipinski definition) is 4. The number of para-hydroxylation sites is 1. The number of pyridine rings is 1. The monoisotopic (exact) mass is 473 g/mol. The van der Waals surface area contributed by atoms with Crippen molar-refractivity contribution in [3.8, 4) is 16.9 Å². The van der Waals surface area contributed by atoms with E-state index in [1.807, 2.05) is 47.6 Å². The first kappa shape index (κ1) is 22.3. The van der Waals surface area contributed by atoms with Gasteiger partial charge in [-0.2, -0.15) is 0 Å². The number of nitrogens with one attached hydrogen (secondary N) is 1. The van der Waals surface area contributed by atoms with Gasteiger partial charge < -0.3 is 19.5 Å². The largest absolute Gasteiger partial charge is 0.496 e. The van der Waals surface area contributed by atoms with Crippen LogP contribution < -0.4 is 9.64 Å². The Balaban J connectivity index is 1.41. The Morgan fingerprint density at radius 2 is 1.79 bits per heavy atom. The Kier molecular flexibility index (Phi) is 6.16. The van der Waals surface area contributed by atoms with Crippen molar-refractivity contribution in [1.82, 2.24) is 14.9 Å². The molecule has 2 aromatic heterocycles. The number of aromatic nitrogens is 2. The molecule has 5 rings (SSSR count). The molecule has 1 aliphatic rings. The lowest BCUT2D eigenvalue weighted by Crippen LogP contribution is -2.50. The lowest BCUT2D eigenvalue weighted by Gasteiger charge is -2.38. The number of ether oxygens (including phenoxy) is 1. The zero-order valence-electron chi connectivity index (χ0n) is 19.0. The molecule has 0 spiro atoms. The predicted octanol–water partition coefficient (Wildman–Crippen LogP) is 5.16. The zero-order valence-corrected chi connectivity index (χ0v) is 19.8. The van der Waals surface area contributed by atoms with Crippen LogP contribution in [0.5, 0.6) is 5.75 Å². The Labute approximate surface area is 204 Å². The van der Waals surface area contributed by atoms with Crippen molar-refractivity contribution in [2.45, 2.75) is 5.92 Å². The molecule has 0 bridgehead atoms. The minimum absolute atomic E-state index is 0.0356. The number of fused-ring (bicyclic) bond motifs is 1. The fraction of sp³-hybridized carbons (Fsp3) is 0.222. The highest BCUT2D eigenvalue weighted by Gasteiger charge is 2.28. The number of nitrogens with zero attached hydrogens (tertiary/aromatic N) is 3. The molecule has 1 atom stereocenters. The first-order chi connectivity index (χ1) is 16.6. The van der Waals surface area contributed by atoms with Gasteiger partial charge in [0.25, 0.3) is 0 Å². The van der Waals surface area contributed by atoms with E-state index in [1.165, 1.54) is 0 Å². The maximum absolute atomic E-state index is 13.2. The molecule has 34 heavy (non-hydrogen) atoms. The second kappa shape index (κ2) is 9.39. The molecule has 4 aromatic rings. The summed E-state index contributed by atoms with van der Waals surface area (Å²) in [5.41, 5.74) is 4.83. The average Bonchev–Trinajstić information content (AvgIpc) is 3.37. The second-order valence-electron chi connectivity index (χ2n) is 8.38. The molecule has 1 fully saturated rings. The Morgan fingerprint density at radius 3 is 2.53 bits per heavy atom. The number of H-pyrrole nitrogens is 1. The third-order valence-electron chi connectivity index (χ3n) is 6.43. The molecule has 1 saturated heterocycles. The molecular weight excluding hydrogens is 448 g/mol. The molecule has 2 aromatic carbocycles. The first-order valence-corrected chi connectivity index (χ1v) is 11.7. The van der Waals surface area contributed by atoms with E-state index >= 15 is 0 Å². The standard InChI is InChI=1S/C27H26ClN4O2/c1-18(19-7-9-20(28)10-8-19)27(33)32-15-13-31(14-16-32)25-22-11-12-29-26(22)30-17-23(25)21-5-3-4-6-24(21)34-2/h3-12,17-18H,1,13-16H2,2H3,(H,29,30)/t18-/m0/s1. The summed E-state index contributed by atoms with van der Waals surface area (Å²) in [6.07, 6.45) is 3.81. The van der Waals surface area contributed by atoms with Crippen LogP contribution in [0, 0.1) is 6.92 Å². The second-order valence-corrected chi connectivity index (χ2v) is 8.81. The number of halogens is 1. The van der Waals surface area contributed by atoms with Crippen LogP contribution >= 0.6 is 11.6 Å². The van der Waals surface area contributed by atoms with Gasteiger partial charge in [-0.1, -0.05) is 41.9 Å². The van der Waals surface area contributed by atoms with E-state index in [9.17, 15) is 4.79 Å². The van der Waals surface area contributed by atoms with Gasteiger partial charge in [-0.05, 0) is 36.8 Å². The van der Waals surface area contributed by atoms with Crippen molar-refractivity contribution >= 4 is 34.2 Å². The molecule has 1 amide bonds. The van der Waals surface area contributed by atoms with E-state index in [4.69, 9.17) is 16.3 Å². The molecule has 173 valence electrons. The summed E-state index contributed by atoms with van der Waals surface area (Å²) < 4.78 is 5.64. The number of piperazine rings is 1. The number of amides is 1. The minimum Gasteiger partial charge on any atom is -0.496 e.